The molecule has 0 saturated heterocycles. The van der Waals surface area contributed by atoms with E-state index < -0.39 is 11.2 Å². The Bertz CT molecular complexity index is 307. The second kappa shape index (κ2) is 3.97. The van der Waals surface area contributed by atoms with Gasteiger partial charge in [-0.15, -0.1) is 0 Å². The zero-order chi connectivity index (χ0) is 12.1. The predicted molar refractivity (Wildman–Crippen MR) is 67.6 cm³/mol. The molecule has 0 heterocycles. The van der Waals surface area contributed by atoms with Crippen molar-refractivity contribution in [2.24, 2.45) is 28.3 Å². The normalized spacial score (nSPS) is 33.8. The molecule has 0 fully saturated rings. The maximum absolute atomic E-state index is 6.29. The van der Waals surface area contributed by atoms with E-state index in [1.807, 2.05) is 6.92 Å². The average molecular weight is 437 g/mol. The van der Waals surface area contributed by atoms with Gasteiger partial charge in [-0.3, -0.25) is 0 Å². The molecule has 1 aliphatic carbocycles. The van der Waals surface area contributed by atoms with Crippen LogP contribution < -0.4 is 44.1 Å². The number of hydrogen-bond donors (Lipinski definition) is 4. The van der Waals surface area contributed by atoms with Gasteiger partial charge >= 0.3 is 116 Å². The van der Waals surface area contributed by atoms with Crippen LogP contribution in [0.3, 0.4) is 0 Å². The molecule has 8 N–H and O–H groups in total. The van der Waals surface area contributed by atoms with Crippen LogP contribution in [-0.2, 0) is 0 Å². The Balaban J connectivity index is 3.31. The van der Waals surface area contributed by atoms with Gasteiger partial charge in [0.05, 0.1) is 0 Å². The summed E-state index contributed by atoms with van der Waals surface area (Å²) >= 11 is 2.24. The van der Waals surface area contributed by atoms with E-state index in [1.54, 1.807) is 0 Å². The van der Waals surface area contributed by atoms with Gasteiger partial charge in [-0.25, -0.2) is 0 Å². The van der Waals surface area contributed by atoms with Gasteiger partial charge in [-0.05, 0) is 0 Å². The first-order valence-corrected chi connectivity index (χ1v) is 8.76. The summed E-state index contributed by atoms with van der Waals surface area (Å²) < 4.78 is 2.31. The van der Waals surface area contributed by atoms with Gasteiger partial charge in [0, 0.05) is 0 Å². The molecule has 0 amide bonds. The van der Waals surface area contributed by atoms with Crippen LogP contribution in [0.1, 0.15) is 20.8 Å². The first-order valence-electron chi connectivity index (χ1n) is 4.63. The number of alkyl halides is 2. The third kappa shape index (κ3) is 1.72. The van der Waals surface area contributed by atoms with Crippen molar-refractivity contribution in [2.45, 2.75) is 32.0 Å². The van der Waals surface area contributed by atoms with Crippen LogP contribution >= 0.6 is 22.6 Å². The summed E-state index contributed by atoms with van der Waals surface area (Å²) in [5, 5.41) is 0. The summed E-state index contributed by atoms with van der Waals surface area (Å²) in [5.41, 5.74) is 23.1. The van der Waals surface area contributed by atoms with Crippen LogP contribution in [0.2, 0.25) is 0 Å². The van der Waals surface area contributed by atoms with Crippen molar-refractivity contribution in [1.82, 2.24) is 0 Å². The molecule has 0 radical (unpaired) electrons. The van der Waals surface area contributed by atoms with E-state index in [2.05, 4.69) is 36.4 Å². The molecule has 0 aromatic heterocycles. The predicted octanol–water partition coefficient (Wildman–Crippen LogP) is -2.99. The monoisotopic (exact) mass is 437 g/mol. The number of hydrogen-bond acceptors (Lipinski definition) is 4. The van der Waals surface area contributed by atoms with E-state index in [4.69, 9.17) is 22.9 Å². The Morgan fingerprint density at radius 1 is 1.20 bits per heavy atom. The third-order valence-corrected chi connectivity index (χ3v) is 8.49. The molecule has 0 aromatic rings. The maximum atomic E-state index is 6.29. The van der Waals surface area contributed by atoms with Gasteiger partial charge in [-0.1, -0.05) is 0 Å². The molecule has 1 unspecified atom stereocenters. The standard InChI is InChI=1S/C9H19I2N4/c1-7(2)5(11-4-10)6(12)9(14,15)8(7,3)13/h4,12-15H2,1-3H3/q-1. The number of rotatable bonds is 2. The fourth-order valence-electron chi connectivity index (χ4n) is 1.83. The zero-order valence-electron chi connectivity index (χ0n) is 9.27. The molecular formula is C9H19I2N4-. The Labute approximate surface area is 115 Å². The van der Waals surface area contributed by atoms with E-state index in [-0.39, 0.29) is 26.6 Å². The molecule has 0 saturated carbocycles. The van der Waals surface area contributed by atoms with Gasteiger partial charge in [0.25, 0.3) is 0 Å². The molecule has 0 bridgehead atoms. The molecule has 0 aromatic carbocycles. The summed E-state index contributed by atoms with van der Waals surface area (Å²) in [6.07, 6.45) is 0. The molecule has 0 spiro atoms. The Hall–Kier alpha value is 0.880. The van der Waals surface area contributed by atoms with Crippen LogP contribution in [-0.4, -0.2) is 13.6 Å². The minimum atomic E-state index is -1.09. The fourth-order valence-corrected chi connectivity index (χ4v) is 6.43. The first-order chi connectivity index (χ1) is 6.60. The van der Waals surface area contributed by atoms with Crippen molar-refractivity contribution in [2.75, 3.05) is 2.43 Å². The van der Waals surface area contributed by atoms with Crippen LogP contribution in [0.5, 0.6) is 0 Å². The van der Waals surface area contributed by atoms with Crippen molar-refractivity contribution in [3.8, 4) is 0 Å². The van der Waals surface area contributed by atoms with Crippen molar-refractivity contribution < 1.29 is 21.2 Å². The van der Waals surface area contributed by atoms with Crippen molar-refractivity contribution in [3.05, 3.63) is 9.28 Å². The van der Waals surface area contributed by atoms with E-state index in [0.717, 1.165) is 2.43 Å². The summed E-state index contributed by atoms with van der Waals surface area (Å²) in [6, 6.07) is 0. The van der Waals surface area contributed by atoms with Gasteiger partial charge < -0.3 is 0 Å². The molecule has 90 valence electrons. The molecule has 1 rings (SSSR count). The fraction of sp³-hybridized carbons (Fsp3) is 0.778. The van der Waals surface area contributed by atoms with Crippen LogP contribution in [0.25, 0.3) is 0 Å². The Morgan fingerprint density at radius 2 is 1.67 bits per heavy atom. The minimum absolute atomic E-state index is 0.123. The van der Waals surface area contributed by atoms with E-state index >= 15 is 0 Å². The van der Waals surface area contributed by atoms with E-state index in [9.17, 15) is 0 Å². The average Bonchev–Trinajstić information content (AvgIpc) is 2.18. The second-order valence-corrected chi connectivity index (χ2v) is 10.9. The topological polar surface area (TPSA) is 104 Å². The van der Waals surface area contributed by atoms with Gasteiger partial charge in [-0.2, -0.15) is 0 Å². The van der Waals surface area contributed by atoms with Crippen molar-refractivity contribution in [3.63, 3.8) is 0 Å². The molecule has 1 aliphatic rings. The van der Waals surface area contributed by atoms with Crippen LogP contribution in [0, 0.1) is 5.41 Å². The summed E-state index contributed by atoms with van der Waals surface area (Å²) in [6.45, 7) is 6.06. The molecule has 0 aliphatic heterocycles. The molecule has 15 heavy (non-hydrogen) atoms. The third-order valence-electron chi connectivity index (χ3n) is 3.57. The van der Waals surface area contributed by atoms with Crippen molar-refractivity contribution >= 4 is 22.6 Å². The summed E-state index contributed by atoms with van der Waals surface area (Å²) in [5.74, 6) is 0. The van der Waals surface area contributed by atoms with Gasteiger partial charge in [0.2, 0.25) is 0 Å². The molecule has 6 heteroatoms. The van der Waals surface area contributed by atoms with E-state index in [0.29, 0.717) is 5.70 Å². The Kier molecular flexibility index (Phi) is 3.69. The number of nitrogens with two attached hydrogens (primary N) is 4. The molecular weight excluding hydrogens is 418 g/mol. The SMILES string of the molecule is CC1(C)C([I-]CI)=C(N)C(N)(N)C1(C)N. The second-order valence-electron chi connectivity index (χ2n) is 4.66. The summed E-state index contributed by atoms with van der Waals surface area (Å²) in [4.78, 5) is 0. The number of halogens is 2. The summed E-state index contributed by atoms with van der Waals surface area (Å²) in [7, 11) is 0. The van der Waals surface area contributed by atoms with Crippen LogP contribution in [0.15, 0.2) is 9.28 Å². The molecule has 1 atom stereocenters. The first kappa shape index (κ1) is 13.9. The van der Waals surface area contributed by atoms with Gasteiger partial charge in [0.15, 0.2) is 0 Å². The Morgan fingerprint density at radius 3 is 1.93 bits per heavy atom. The van der Waals surface area contributed by atoms with Crippen LogP contribution in [0.4, 0.5) is 0 Å². The van der Waals surface area contributed by atoms with Crippen molar-refractivity contribution in [1.29, 1.82) is 0 Å². The quantitative estimate of drug-likeness (QED) is 0.210. The zero-order valence-corrected chi connectivity index (χ0v) is 13.6. The molecule has 4 nitrogen and oxygen atoms in total. The van der Waals surface area contributed by atoms with Gasteiger partial charge in [0.1, 0.15) is 0 Å². The van der Waals surface area contributed by atoms with E-state index in [1.165, 1.54) is 3.58 Å².